The first-order valence-corrected chi connectivity index (χ1v) is 11.6. The molecule has 0 bridgehead atoms. The molecule has 0 aromatic heterocycles. The number of aliphatic carboxylic acids is 1. The number of cyclic esters (lactones) is 3. The molecule has 2 fully saturated rings. The lowest BCUT2D eigenvalue weighted by Crippen LogP contribution is -2.35. The monoisotopic (exact) mass is 523 g/mol. The molecule has 0 aliphatic carbocycles. The lowest BCUT2D eigenvalue weighted by Gasteiger charge is -2.26. The summed E-state index contributed by atoms with van der Waals surface area (Å²) in [5.74, 6) is -1.31. The van der Waals surface area contributed by atoms with Crippen LogP contribution in [0.15, 0.2) is 11.6 Å². The zero-order chi connectivity index (χ0) is 27.1. The van der Waals surface area contributed by atoms with Gasteiger partial charge in [-0.2, -0.15) is 0 Å². The fourth-order valence-electron chi connectivity index (χ4n) is 2.92. The van der Waals surface area contributed by atoms with Gasteiger partial charge in [0.15, 0.2) is 0 Å². The van der Waals surface area contributed by atoms with E-state index in [1.54, 1.807) is 6.92 Å². The van der Waals surface area contributed by atoms with E-state index in [9.17, 15) is 29.4 Å². The fraction of sp³-hybridized carbons (Fsp3) is 0.760. The number of aliphatic hydroxyl groups is 3. The topological polar surface area (TPSA) is 180 Å². The van der Waals surface area contributed by atoms with Crippen molar-refractivity contribution in [1.29, 1.82) is 0 Å². The second-order valence-corrected chi connectivity index (χ2v) is 9.39. The molecule has 1 unspecified atom stereocenters. The van der Waals surface area contributed by atoms with E-state index in [1.165, 1.54) is 13.0 Å². The van der Waals surface area contributed by atoms with E-state index in [0.717, 1.165) is 18.4 Å². The van der Waals surface area contributed by atoms with Crippen LogP contribution in [0.3, 0.4) is 0 Å². The molecule has 11 heteroatoms. The Labute approximate surface area is 217 Å². The van der Waals surface area contributed by atoms with Gasteiger partial charge in [-0.05, 0) is 39.5 Å². The van der Waals surface area contributed by atoms with Gasteiger partial charge >= 0.3 is 20.8 Å². The summed E-state index contributed by atoms with van der Waals surface area (Å²) in [6.07, 6.45) is 4.38. The van der Waals surface area contributed by atoms with Crippen LogP contribution in [0.2, 0.25) is 0 Å². The molecule has 3 heterocycles. The minimum atomic E-state index is -1.34. The Balaban J connectivity index is -0.000000128. The summed E-state index contributed by atoms with van der Waals surface area (Å²) in [6.45, 7) is 8.31. The largest absolute Gasteiger partial charge is 1.00 e. The van der Waals surface area contributed by atoms with E-state index in [2.05, 4.69) is 16.4 Å². The smallest absolute Gasteiger partial charge is 0.550 e. The minimum Gasteiger partial charge on any atom is -0.550 e. The van der Waals surface area contributed by atoms with Crippen molar-refractivity contribution in [2.45, 2.75) is 91.3 Å². The van der Waals surface area contributed by atoms with Gasteiger partial charge in [-0.15, -0.1) is 0 Å². The van der Waals surface area contributed by atoms with Gasteiger partial charge in [0.2, 0.25) is 0 Å². The molecule has 212 valence electrons. The third-order valence-corrected chi connectivity index (χ3v) is 5.10. The number of hydrogen-bond acceptors (Lipinski definition) is 11. The minimum absolute atomic E-state index is 0. The van der Waals surface area contributed by atoms with E-state index >= 15 is 0 Å². The van der Waals surface area contributed by atoms with Crippen molar-refractivity contribution < 1.29 is 58.1 Å². The lowest BCUT2D eigenvalue weighted by molar-refractivity contribution is -0.309. The van der Waals surface area contributed by atoms with Gasteiger partial charge < -0.3 is 39.4 Å². The standard InChI is InChI=1S/C6H12O4.C6H10O3.C6H10O2.C6H8O2.CH4.H2/c1-6(10,2-3-7)4-5(8)9;1-6(8)2-3-9-5(7)4-6;2*1-5-2-3-8-6(7)4-5;;/h7,10H,2-4H2,1H3,(H,8,9);8H,2-4H2,1H3;5H,2-4H2,1H3;4H,2-3H2,1H3;1H4;1H/p+1/t2*6-;;;;/m11..../s1. The number of rotatable bonds is 4. The summed E-state index contributed by atoms with van der Waals surface area (Å²) >= 11 is 0. The van der Waals surface area contributed by atoms with Crippen LogP contribution in [0.5, 0.6) is 0 Å². The van der Waals surface area contributed by atoms with Crippen LogP contribution in [0, 0.1) is 5.92 Å². The summed E-state index contributed by atoms with van der Waals surface area (Å²) in [5.41, 5.74) is -1.05. The Kier molecular flexibility index (Phi) is 17.7. The molecule has 3 aliphatic heterocycles. The van der Waals surface area contributed by atoms with Gasteiger partial charge in [-0.25, -0.2) is 4.79 Å². The van der Waals surface area contributed by atoms with Crippen LogP contribution in [0.1, 0.15) is 84.3 Å². The highest BCUT2D eigenvalue weighted by molar-refractivity contribution is 5.83. The first-order valence-electron chi connectivity index (χ1n) is 11.6. The average molecular weight is 524 g/mol. The lowest BCUT2D eigenvalue weighted by atomic mass is 9.97. The number of ether oxygens (including phenoxy) is 3. The fourth-order valence-corrected chi connectivity index (χ4v) is 2.92. The number of aliphatic hydroxyl groups excluding tert-OH is 1. The van der Waals surface area contributed by atoms with E-state index < -0.39 is 23.6 Å². The molecule has 3 N–H and O–H groups in total. The molecule has 0 saturated carbocycles. The highest BCUT2D eigenvalue weighted by Gasteiger charge is 2.29. The number of carbonyl (C=O) groups excluding carboxylic acids is 4. The van der Waals surface area contributed by atoms with Crippen LogP contribution in [-0.4, -0.2) is 76.8 Å². The van der Waals surface area contributed by atoms with Crippen LogP contribution < -0.4 is 5.11 Å². The normalized spacial score (nSPS) is 24.5. The SMILES string of the molecule is C.CC1=CC(=O)OCC1.CC1CCOC(=O)C1.C[C@@](O)(CCO)CC(=O)[O-].C[C@@]1(O)CCOC(=O)C1.[H+].[H+].[HH]. The van der Waals surface area contributed by atoms with Crippen molar-refractivity contribution in [1.82, 2.24) is 0 Å². The second kappa shape index (κ2) is 17.9. The zero-order valence-electron chi connectivity index (χ0n) is 23.0. The molecule has 11 nitrogen and oxygen atoms in total. The van der Waals surface area contributed by atoms with Crippen molar-refractivity contribution in [2.75, 3.05) is 26.4 Å². The maximum Gasteiger partial charge on any atom is 1.00 e. The number of carbonyl (C=O) groups is 4. The molecule has 0 aromatic carbocycles. The molecule has 3 atom stereocenters. The van der Waals surface area contributed by atoms with Crippen LogP contribution >= 0.6 is 0 Å². The summed E-state index contributed by atoms with van der Waals surface area (Å²) in [5, 5.41) is 36.6. The summed E-state index contributed by atoms with van der Waals surface area (Å²) in [7, 11) is 0. The van der Waals surface area contributed by atoms with Gasteiger partial charge in [0.25, 0.3) is 0 Å². The molecule has 0 amide bonds. The first kappa shape index (κ1) is 35.7. The van der Waals surface area contributed by atoms with Crippen molar-refractivity contribution in [3.8, 4) is 0 Å². The molecule has 36 heavy (non-hydrogen) atoms. The van der Waals surface area contributed by atoms with Crippen molar-refractivity contribution in [3.63, 3.8) is 0 Å². The van der Waals surface area contributed by atoms with Crippen LogP contribution in [0.4, 0.5) is 0 Å². The maximum absolute atomic E-state index is 10.5. The Morgan fingerprint density at radius 1 is 1.22 bits per heavy atom. The van der Waals surface area contributed by atoms with Gasteiger partial charge in [-0.1, -0.05) is 19.9 Å². The van der Waals surface area contributed by atoms with E-state index in [4.69, 9.17) is 14.9 Å². The Hall–Kier alpha value is -2.50. The Bertz CT molecular complexity index is 741. The molecule has 0 spiro atoms. The van der Waals surface area contributed by atoms with Gasteiger partial charge in [0, 0.05) is 45.8 Å². The van der Waals surface area contributed by atoms with Gasteiger partial charge in [0.05, 0.1) is 37.4 Å². The maximum atomic E-state index is 10.5. The van der Waals surface area contributed by atoms with Crippen molar-refractivity contribution in [3.05, 3.63) is 11.6 Å². The van der Waals surface area contributed by atoms with Crippen molar-refractivity contribution >= 4 is 23.9 Å². The predicted octanol–water partition coefficient (Wildman–Crippen LogP) is 1.28. The molecule has 0 radical (unpaired) electrons. The quantitative estimate of drug-likeness (QED) is 0.357. The number of hydrogen-bond donors (Lipinski definition) is 3. The molecule has 0 aromatic rings. The number of carboxylic acids is 1. The second-order valence-electron chi connectivity index (χ2n) is 9.39. The molecular weight excluding hydrogens is 476 g/mol. The molecule has 2 saturated heterocycles. The summed E-state index contributed by atoms with van der Waals surface area (Å²) in [6, 6.07) is 0. The van der Waals surface area contributed by atoms with E-state index in [1.807, 2.05) is 6.92 Å². The number of esters is 3. The Morgan fingerprint density at radius 3 is 2.17 bits per heavy atom. The van der Waals surface area contributed by atoms with Crippen LogP contribution in [0.25, 0.3) is 0 Å². The van der Waals surface area contributed by atoms with Gasteiger partial charge in [0.1, 0.15) is 0 Å². The number of carboxylic acid groups (broad SMARTS) is 1. The summed E-state index contributed by atoms with van der Waals surface area (Å²) < 4.78 is 14.0. The van der Waals surface area contributed by atoms with E-state index in [-0.39, 0.29) is 49.1 Å². The third kappa shape index (κ3) is 19.8. The molecule has 3 aliphatic rings. The molecule has 3 rings (SSSR count). The first-order chi connectivity index (χ1) is 16.2. The van der Waals surface area contributed by atoms with Crippen molar-refractivity contribution in [2.24, 2.45) is 5.92 Å². The molecular formula is C25H47O11+. The average Bonchev–Trinajstić information content (AvgIpc) is 2.67. The third-order valence-electron chi connectivity index (χ3n) is 5.10. The highest BCUT2D eigenvalue weighted by Crippen LogP contribution is 2.19. The summed E-state index contributed by atoms with van der Waals surface area (Å²) in [4.78, 5) is 41.3. The zero-order valence-corrected chi connectivity index (χ0v) is 21.0. The Morgan fingerprint density at radius 2 is 1.83 bits per heavy atom. The van der Waals surface area contributed by atoms with Crippen LogP contribution in [-0.2, 0) is 33.4 Å². The van der Waals surface area contributed by atoms with Gasteiger partial charge in [-0.3, -0.25) is 9.59 Å². The van der Waals surface area contributed by atoms with E-state index in [0.29, 0.717) is 38.6 Å². The highest BCUT2D eigenvalue weighted by atomic mass is 16.5. The predicted molar refractivity (Wildman–Crippen MR) is 133 cm³/mol.